The van der Waals surface area contributed by atoms with Crippen LogP contribution in [0.2, 0.25) is 0 Å². The number of ether oxygens (including phenoxy) is 1. The van der Waals surface area contributed by atoms with E-state index < -0.39 is 0 Å². The van der Waals surface area contributed by atoms with E-state index >= 15 is 0 Å². The normalized spacial score (nSPS) is 27.2. The summed E-state index contributed by atoms with van der Waals surface area (Å²) in [5.41, 5.74) is 0.596. The van der Waals surface area contributed by atoms with Gasteiger partial charge >= 0.3 is 0 Å². The lowest BCUT2D eigenvalue weighted by Crippen LogP contribution is -2.51. The molecule has 0 spiro atoms. The Kier molecular flexibility index (Phi) is 4.42. The zero-order valence-corrected chi connectivity index (χ0v) is 12.3. The Morgan fingerprint density at radius 1 is 1.19 bits per heavy atom. The number of halogens is 1. The van der Waals surface area contributed by atoms with Crippen molar-refractivity contribution < 1.29 is 14.2 Å². The minimum atomic E-state index is -0.151. The quantitative estimate of drug-likeness (QED) is 0.909. The third kappa shape index (κ3) is 3.20. The number of piperazine rings is 1. The molecule has 1 aromatic carbocycles. The van der Waals surface area contributed by atoms with Crippen molar-refractivity contribution in [2.45, 2.75) is 6.42 Å². The van der Waals surface area contributed by atoms with Gasteiger partial charge in [0.25, 0.3) is 0 Å². The Balaban J connectivity index is 1.57. The van der Waals surface area contributed by atoms with Gasteiger partial charge in [0.05, 0.1) is 18.9 Å². The summed E-state index contributed by atoms with van der Waals surface area (Å²) in [6.45, 7) is 5.89. The number of aliphatic hydroxyl groups excluding tert-OH is 1. The van der Waals surface area contributed by atoms with Crippen molar-refractivity contribution in [3.05, 3.63) is 30.1 Å². The maximum atomic E-state index is 13.8. The topological polar surface area (TPSA) is 35.9 Å². The first-order valence-electron chi connectivity index (χ1n) is 7.63. The summed E-state index contributed by atoms with van der Waals surface area (Å²) in [7, 11) is 0. The molecule has 0 bridgehead atoms. The number of para-hydroxylation sites is 1. The van der Waals surface area contributed by atoms with E-state index in [-0.39, 0.29) is 17.8 Å². The molecule has 1 N–H and O–H groups in total. The van der Waals surface area contributed by atoms with Crippen molar-refractivity contribution in [3.8, 4) is 0 Å². The second kappa shape index (κ2) is 6.30. The molecule has 2 aliphatic rings. The van der Waals surface area contributed by atoms with Gasteiger partial charge in [0.2, 0.25) is 0 Å². The molecule has 0 aliphatic carbocycles. The lowest BCUT2D eigenvalue weighted by atomic mass is 9.87. The van der Waals surface area contributed by atoms with Crippen molar-refractivity contribution in [2.24, 2.45) is 5.41 Å². The monoisotopic (exact) mass is 294 g/mol. The Morgan fingerprint density at radius 2 is 1.95 bits per heavy atom. The van der Waals surface area contributed by atoms with E-state index in [1.54, 1.807) is 6.07 Å². The molecule has 116 valence electrons. The van der Waals surface area contributed by atoms with E-state index in [1.165, 1.54) is 6.07 Å². The molecule has 1 unspecified atom stereocenters. The maximum Gasteiger partial charge on any atom is 0.146 e. The Hall–Kier alpha value is -1.17. The van der Waals surface area contributed by atoms with E-state index in [0.717, 1.165) is 45.8 Å². The number of aliphatic hydroxyl groups is 1. The molecule has 3 rings (SSSR count). The predicted octanol–water partition coefficient (Wildman–Crippen LogP) is 1.35. The van der Waals surface area contributed by atoms with Crippen LogP contribution in [0.15, 0.2) is 24.3 Å². The number of anilines is 1. The number of benzene rings is 1. The molecule has 4 nitrogen and oxygen atoms in total. The van der Waals surface area contributed by atoms with Gasteiger partial charge in [0.1, 0.15) is 5.82 Å². The van der Waals surface area contributed by atoms with Gasteiger partial charge in [-0.25, -0.2) is 4.39 Å². The summed E-state index contributed by atoms with van der Waals surface area (Å²) < 4.78 is 19.3. The first kappa shape index (κ1) is 14.8. The van der Waals surface area contributed by atoms with Crippen LogP contribution < -0.4 is 4.90 Å². The average Bonchev–Trinajstić information content (AvgIpc) is 2.98. The van der Waals surface area contributed by atoms with Crippen LogP contribution in [0.3, 0.4) is 0 Å². The summed E-state index contributed by atoms with van der Waals surface area (Å²) in [5, 5.41) is 9.65. The van der Waals surface area contributed by atoms with Crippen molar-refractivity contribution in [1.82, 2.24) is 4.90 Å². The lowest BCUT2D eigenvalue weighted by Gasteiger charge is -2.40. The molecular weight excluding hydrogens is 271 g/mol. The van der Waals surface area contributed by atoms with Crippen LogP contribution in [-0.2, 0) is 4.74 Å². The lowest BCUT2D eigenvalue weighted by molar-refractivity contribution is 0.0548. The Labute approximate surface area is 125 Å². The van der Waals surface area contributed by atoms with E-state index in [9.17, 15) is 9.50 Å². The number of rotatable bonds is 4. The van der Waals surface area contributed by atoms with Gasteiger partial charge in [-0.15, -0.1) is 0 Å². The van der Waals surface area contributed by atoms with Gasteiger partial charge < -0.3 is 14.7 Å². The van der Waals surface area contributed by atoms with E-state index in [4.69, 9.17) is 4.74 Å². The summed E-state index contributed by atoms with van der Waals surface area (Å²) in [6.07, 6.45) is 0.928. The summed E-state index contributed by atoms with van der Waals surface area (Å²) >= 11 is 0. The van der Waals surface area contributed by atoms with Crippen molar-refractivity contribution in [2.75, 3.05) is 57.4 Å². The van der Waals surface area contributed by atoms with Gasteiger partial charge in [-0.1, -0.05) is 12.1 Å². The second-order valence-corrected chi connectivity index (χ2v) is 6.18. The second-order valence-electron chi connectivity index (χ2n) is 6.18. The average molecular weight is 294 g/mol. The SMILES string of the molecule is OCC1(CN2CCN(c3ccccc3F)CC2)CCOC1. The molecule has 2 fully saturated rings. The smallest absolute Gasteiger partial charge is 0.146 e. The van der Waals surface area contributed by atoms with Gasteiger partial charge in [-0.2, -0.15) is 0 Å². The summed E-state index contributed by atoms with van der Waals surface area (Å²) in [6, 6.07) is 6.95. The first-order valence-corrected chi connectivity index (χ1v) is 7.63. The standard InChI is InChI=1S/C16H23FN2O2/c17-14-3-1-2-4-15(14)19-8-6-18(7-9-19)11-16(12-20)5-10-21-13-16/h1-4,20H,5-13H2. The van der Waals surface area contributed by atoms with E-state index in [2.05, 4.69) is 9.80 Å². The summed E-state index contributed by atoms with van der Waals surface area (Å²) in [4.78, 5) is 4.46. The molecule has 2 aliphatic heterocycles. The third-order valence-corrected chi connectivity index (χ3v) is 4.64. The van der Waals surface area contributed by atoms with Crippen LogP contribution in [-0.4, -0.2) is 62.6 Å². The molecule has 2 saturated heterocycles. The highest BCUT2D eigenvalue weighted by Crippen LogP contribution is 2.30. The molecule has 2 heterocycles. The molecule has 0 aromatic heterocycles. The van der Waals surface area contributed by atoms with Gasteiger partial charge in [-0.3, -0.25) is 4.90 Å². The van der Waals surface area contributed by atoms with Crippen LogP contribution in [0.25, 0.3) is 0 Å². The zero-order valence-electron chi connectivity index (χ0n) is 12.3. The Morgan fingerprint density at radius 3 is 2.57 bits per heavy atom. The van der Waals surface area contributed by atoms with Crippen LogP contribution in [0.1, 0.15) is 6.42 Å². The number of hydrogen-bond acceptors (Lipinski definition) is 4. The predicted molar refractivity (Wildman–Crippen MR) is 80.0 cm³/mol. The van der Waals surface area contributed by atoms with E-state index in [1.807, 2.05) is 12.1 Å². The van der Waals surface area contributed by atoms with Crippen molar-refractivity contribution >= 4 is 5.69 Å². The highest BCUT2D eigenvalue weighted by atomic mass is 19.1. The Bertz CT molecular complexity index is 469. The highest BCUT2D eigenvalue weighted by molar-refractivity contribution is 5.47. The summed E-state index contributed by atoms with van der Waals surface area (Å²) in [5.74, 6) is -0.151. The van der Waals surface area contributed by atoms with Gasteiger partial charge in [-0.05, 0) is 18.6 Å². The fourth-order valence-electron chi connectivity index (χ4n) is 3.28. The highest BCUT2D eigenvalue weighted by Gasteiger charge is 2.36. The fraction of sp³-hybridized carbons (Fsp3) is 0.625. The van der Waals surface area contributed by atoms with Gasteiger partial charge in [0, 0.05) is 44.7 Å². The molecule has 1 atom stereocenters. The van der Waals surface area contributed by atoms with Crippen LogP contribution in [0.4, 0.5) is 10.1 Å². The first-order chi connectivity index (χ1) is 10.2. The number of hydrogen-bond donors (Lipinski definition) is 1. The minimum Gasteiger partial charge on any atom is -0.396 e. The molecule has 0 radical (unpaired) electrons. The minimum absolute atomic E-state index is 0.0971. The van der Waals surface area contributed by atoms with Gasteiger partial charge in [0.15, 0.2) is 0 Å². The fourth-order valence-corrected chi connectivity index (χ4v) is 3.28. The van der Waals surface area contributed by atoms with Crippen LogP contribution in [0.5, 0.6) is 0 Å². The molecular formula is C16H23FN2O2. The maximum absolute atomic E-state index is 13.8. The van der Waals surface area contributed by atoms with Crippen molar-refractivity contribution in [3.63, 3.8) is 0 Å². The number of nitrogens with zero attached hydrogens (tertiary/aromatic N) is 2. The van der Waals surface area contributed by atoms with E-state index in [0.29, 0.717) is 12.3 Å². The van der Waals surface area contributed by atoms with Crippen LogP contribution in [0, 0.1) is 11.2 Å². The molecule has 5 heteroatoms. The van der Waals surface area contributed by atoms with Crippen molar-refractivity contribution in [1.29, 1.82) is 0 Å². The molecule has 1 aromatic rings. The molecule has 0 amide bonds. The third-order valence-electron chi connectivity index (χ3n) is 4.64. The molecule has 0 saturated carbocycles. The zero-order chi connectivity index (χ0) is 14.7. The molecule has 21 heavy (non-hydrogen) atoms. The van der Waals surface area contributed by atoms with Crippen LogP contribution >= 0.6 is 0 Å². The largest absolute Gasteiger partial charge is 0.396 e.